The summed E-state index contributed by atoms with van der Waals surface area (Å²) in [6.07, 6.45) is 2.65. The fourth-order valence-electron chi connectivity index (χ4n) is 3.29. The summed E-state index contributed by atoms with van der Waals surface area (Å²) in [5.74, 6) is 0. The van der Waals surface area contributed by atoms with Crippen LogP contribution >= 0.6 is 11.3 Å². The van der Waals surface area contributed by atoms with E-state index in [1.165, 1.54) is 11.3 Å². The highest BCUT2D eigenvalue weighted by Crippen LogP contribution is 2.43. The Bertz CT molecular complexity index is 1030. The van der Waals surface area contributed by atoms with E-state index in [1.807, 2.05) is 31.2 Å². The topological polar surface area (TPSA) is 70.5 Å². The number of sulfone groups is 1. The lowest BCUT2D eigenvalue weighted by Gasteiger charge is -2.31. The third kappa shape index (κ3) is 3.00. The first-order valence-electron chi connectivity index (χ1n) is 8.59. The summed E-state index contributed by atoms with van der Waals surface area (Å²) < 4.78 is 27.0. The van der Waals surface area contributed by atoms with Gasteiger partial charge in [0.1, 0.15) is 4.83 Å². The molecule has 1 aliphatic rings. The van der Waals surface area contributed by atoms with Crippen LogP contribution in [0.1, 0.15) is 18.4 Å². The summed E-state index contributed by atoms with van der Waals surface area (Å²) in [6.45, 7) is 3.21. The molecule has 0 spiro atoms. The van der Waals surface area contributed by atoms with Crippen molar-refractivity contribution in [1.82, 2.24) is 4.98 Å². The average molecular weight is 389 g/mol. The number of hydrogen-bond acceptors (Lipinski definition) is 6. The van der Waals surface area contributed by atoms with Crippen LogP contribution in [0.25, 0.3) is 10.2 Å². The van der Waals surface area contributed by atoms with Crippen molar-refractivity contribution in [3.8, 4) is 0 Å². The number of nitrogens with zero attached hydrogens (tertiary/aromatic N) is 2. The number of piperidine rings is 1. The summed E-state index contributed by atoms with van der Waals surface area (Å²) in [7, 11) is -3.64. The highest BCUT2D eigenvalue weighted by atomic mass is 32.2. The van der Waals surface area contributed by atoms with Gasteiger partial charge in [-0.15, -0.1) is 11.3 Å². The van der Waals surface area contributed by atoms with Gasteiger partial charge < -0.3 is 10.0 Å². The number of aromatic nitrogens is 1. The van der Waals surface area contributed by atoms with Crippen molar-refractivity contribution < 1.29 is 13.5 Å². The third-order valence-electron chi connectivity index (χ3n) is 4.77. The summed E-state index contributed by atoms with van der Waals surface area (Å²) in [4.78, 5) is 7.47. The molecule has 5 nitrogen and oxygen atoms in total. The minimum Gasteiger partial charge on any atom is -0.393 e. The predicted molar refractivity (Wildman–Crippen MR) is 104 cm³/mol. The quantitative estimate of drug-likeness (QED) is 0.745. The highest BCUT2D eigenvalue weighted by molar-refractivity contribution is 7.93. The molecule has 3 aromatic rings. The van der Waals surface area contributed by atoms with Crippen molar-refractivity contribution in [2.24, 2.45) is 0 Å². The van der Waals surface area contributed by atoms with Gasteiger partial charge in [-0.3, -0.25) is 0 Å². The van der Waals surface area contributed by atoms with Crippen molar-refractivity contribution >= 4 is 37.1 Å². The largest absolute Gasteiger partial charge is 0.393 e. The van der Waals surface area contributed by atoms with E-state index < -0.39 is 9.84 Å². The lowest BCUT2D eigenvalue weighted by atomic mass is 10.1. The maximum Gasteiger partial charge on any atom is 0.218 e. The summed E-state index contributed by atoms with van der Waals surface area (Å²) in [5, 5.41) is 10.7. The Hall–Kier alpha value is -1.96. The second kappa shape index (κ2) is 6.64. The van der Waals surface area contributed by atoms with Gasteiger partial charge in [-0.25, -0.2) is 13.4 Å². The molecule has 0 aliphatic carbocycles. The lowest BCUT2D eigenvalue weighted by molar-refractivity contribution is 0.145. The third-order valence-corrected chi connectivity index (χ3v) is 8.14. The number of aryl methyl sites for hydroxylation is 1. The number of benzene rings is 1. The van der Waals surface area contributed by atoms with Crippen LogP contribution in [0.4, 0.5) is 5.69 Å². The number of aliphatic hydroxyl groups is 1. The van der Waals surface area contributed by atoms with Crippen LogP contribution in [0.5, 0.6) is 0 Å². The smallest absolute Gasteiger partial charge is 0.218 e. The van der Waals surface area contributed by atoms with E-state index in [1.54, 1.807) is 18.3 Å². The zero-order chi connectivity index (χ0) is 18.3. The molecule has 1 fully saturated rings. The van der Waals surface area contributed by atoms with E-state index >= 15 is 0 Å². The number of hydrogen-bond donors (Lipinski definition) is 1. The van der Waals surface area contributed by atoms with Crippen molar-refractivity contribution in [2.75, 3.05) is 18.0 Å². The molecule has 3 heterocycles. The Morgan fingerprint density at radius 2 is 1.85 bits per heavy atom. The molecule has 0 amide bonds. The molecule has 1 aliphatic heterocycles. The Balaban J connectivity index is 1.89. The fourth-order valence-corrected chi connectivity index (χ4v) is 6.36. The van der Waals surface area contributed by atoms with Crippen molar-refractivity contribution in [2.45, 2.75) is 35.0 Å². The van der Waals surface area contributed by atoms with Gasteiger partial charge in [-0.1, -0.05) is 17.7 Å². The van der Waals surface area contributed by atoms with E-state index in [9.17, 15) is 13.5 Å². The lowest BCUT2D eigenvalue weighted by Crippen LogP contribution is -2.36. The van der Waals surface area contributed by atoms with Gasteiger partial charge in [-0.2, -0.15) is 0 Å². The monoisotopic (exact) mass is 388 g/mol. The molecule has 2 aromatic heterocycles. The average Bonchev–Trinajstić information content (AvgIpc) is 3.03. The standard InChI is InChI=1S/C19H20N2O3S2/c1-13-4-6-15(7-5-13)26(23,24)19-17(21-11-8-14(22)9-12-21)16-3-2-10-20-18(16)25-19/h2-7,10,14,22H,8-9,11-12H2,1H3. The molecule has 4 rings (SSSR count). The van der Waals surface area contributed by atoms with Gasteiger partial charge in [0.2, 0.25) is 9.84 Å². The van der Waals surface area contributed by atoms with Crippen molar-refractivity contribution in [3.63, 3.8) is 0 Å². The number of anilines is 1. The Morgan fingerprint density at radius 3 is 2.54 bits per heavy atom. The zero-order valence-corrected chi connectivity index (χ0v) is 16.1. The molecule has 7 heteroatoms. The Labute approximate surface area is 156 Å². The Morgan fingerprint density at radius 1 is 1.15 bits per heavy atom. The molecule has 26 heavy (non-hydrogen) atoms. The maximum absolute atomic E-state index is 13.3. The SMILES string of the molecule is Cc1ccc(S(=O)(=O)c2sc3ncccc3c2N2CCC(O)CC2)cc1. The molecule has 0 radical (unpaired) electrons. The molecular weight excluding hydrogens is 368 g/mol. The summed E-state index contributed by atoms with van der Waals surface area (Å²) >= 11 is 1.22. The molecular formula is C19H20N2O3S2. The maximum atomic E-state index is 13.3. The first-order chi connectivity index (χ1) is 12.5. The number of fused-ring (bicyclic) bond motifs is 1. The minimum atomic E-state index is -3.64. The summed E-state index contributed by atoms with van der Waals surface area (Å²) in [5.41, 5.74) is 1.75. The Kier molecular flexibility index (Phi) is 4.46. The van der Waals surface area contributed by atoms with Crippen LogP contribution in [0.2, 0.25) is 0 Å². The van der Waals surface area contributed by atoms with Gasteiger partial charge in [-0.05, 0) is 44.0 Å². The highest BCUT2D eigenvalue weighted by Gasteiger charge is 2.31. The normalized spacial score (nSPS) is 16.3. The number of aliphatic hydroxyl groups excluding tert-OH is 1. The van der Waals surface area contributed by atoms with Crippen LogP contribution in [0.3, 0.4) is 0 Å². The van der Waals surface area contributed by atoms with E-state index in [4.69, 9.17) is 0 Å². The van der Waals surface area contributed by atoms with E-state index in [0.29, 0.717) is 35.0 Å². The van der Waals surface area contributed by atoms with Crippen molar-refractivity contribution in [3.05, 3.63) is 48.2 Å². The molecule has 0 atom stereocenters. The van der Waals surface area contributed by atoms with Gasteiger partial charge in [0.25, 0.3) is 0 Å². The van der Waals surface area contributed by atoms with Crippen LogP contribution in [0, 0.1) is 6.92 Å². The zero-order valence-electron chi connectivity index (χ0n) is 14.4. The molecule has 0 unspecified atom stereocenters. The first kappa shape index (κ1) is 17.5. The molecule has 1 N–H and O–H groups in total. The number of rotatable bonds is 3. The fraction of sp³-hybridized carbons (Fsp3) is 0.316. The van der Waals surface area contributed by atoms with Gasteiger partial charge in [0, 0.05) is 24.7 Å². The first-order valence-corrected chi connectivity index (χ1v) is 10.9. The second-order valence-corrected chi connectivity index (χ2v) is 9.77. The minimum absolute atomic E-state index is 0.299. The second-order valence-electron chi connectivity index (χ2n) is 6.63. The van der Waals surface area contributed by atoms with Gasteiger partial charge in [0.15, 0.2) is 4.21 Å². The molecule has 1 saturated heterocycles. The van der Waals surface area contributed by atoms with E-state index in [-0.39, 0.29) is 6.10 Å². The number of thiophene rings is 1. The molecule has 0 saturated carbocycles. The number of pyridine rings is 1. The van der Waals surface area contributed by atoms with Crippen LogP contribution in [-0.2, 0) is 9.84 Å². The predicted octanol–water partition coefficient (Wildman–Crippen LogP) is 3.40. The molecule has 1 aromatic carbocycles. The molecule has 136 valence electrons. The van der Waals surface area contributed by atoms with Gasteiger partial charge >= 0.3 is 0 Å². The van der Waals surface area contributed by atoms with Crippen molar-refractivity contribution in [1.29, 1.82) is 0 Å². The van der Waals surface area contributed by atoms with E-state index in [0.717, 1.165) is 21.5 Å². The summed E-state index contributed by atoms with van der Waals surface area (Å²) in [6, 6.07) is 10.7. The van der Waals surface area contributed by atoms with Crippen LogP contribution < -0.4 is 4.90 Å². The molecule has 0 bridgehead atoms. The van der Waals surface area contributed by atoms with Gasteiger partial charge in [0.05, 0.1) is 16.7 Å². The van der Waals surface area contributed by atoms with Crippen LogP contribution in [0.15, 0.2) is 51.7 Å². The van der Waals surface area contributed by atoms with E-state index in [2.05, 4.69) is 9.88 Å². The van der Waals surface area contributed by atoms with Crippen LogP contribution in [-0.4, -0.2) is 37.7 Å².